The molecule has 0 radical (unpaired) electrons. The number of aliphatic hydroxyl groups is 1. The largest absolute Gasteiger partial charge is 0.385 e. The van der Waals surface area contributed by atoms with E-state index in [1.807, 2.05) is 24.3 Å². The summed E-state index contributed by atoms with van der Waals surface area (Å²) in [5.74, 6) is 5.95. The van der Waals surface area contributed by atoms with Crippen molar-refractivity contribution in [2.24, 2.45) is 0 Å². The average molecular weight is 358 g/mol. The van der Waals surface area contributed by atoms with E-state index in [-0.39, 0.29) is 5.82 Å². The van der Waals surface area contributed by atoms with E-state index in [0.29, 0.717) is 17.9 Å². The highest BCUT2D eigenvalue weighted by atomic mass is 35.5. The van der Waals surface area contributed by atoms with Gasteiger partial charge in [-0.25, -0.2) is 4.39 Å². The van der Waals surface area contributed by atoms with Gasteiger partial charge >= 0.3 is 0 Å². The third kappa shape index (κ3) is 4.83. The number of benzene rings is 2. The van der Waals surface area contributed by atoms with Crippen LogP contribution in [0.25, 0.3) is 0 Å². The Kier molecular flexibility index (Phi) is 5.75. The highest BCUT2D eigenvalue weighted by Crippen LogP contribution is 2.33. The molecule has 0 aromatic heterocycles. The molecule has 4 heteroatoms. The molecule has 1 N–H and O–H groups in total. The van der Waals surface area contributed by atoms with Crippen molar-refractivity contribution >= 4 is 11.6 Å². The zero-order valence-electron chi connectivity index (χ0n) is 14.0. The molecule has 25 heavy (non-hydrogen) atoms. The molecule has 0 atom stereocenters. The summed E-state index contributed by atoms with van der Waals surface area (Å²) in [7, 11) is 0. The molecule has 3 rings (SSSR count). The second-order valence-electron chi connectivity index (χ2n) is 6.44. The van der Waals surface area contributed by atoms with Gasteiger partial charge in [0.1, 0.15) is 5.82 Å². The van der Waals surface area contributed by atoms with E-state index in [2.05, 4.69) is 16.7 Å². The van der Waals surface area contributed by atoms with Gasteiger partial charge in [0.25, 0.3) is 0 Å². The van der Waals surface area contributed by atoms with Crippen molar-refractivity contribution in [1.82, 2.24) is 4.90 Å². The molecule has 1 heterocycles. The quantitative estimate of drug-likeness (QED) is 0.832. The van der Waals surface area contributed by atoms with E-state index in [1.165, 1.54) is 12.1 Å². The molecule has 0 aliphatic carbocycles. The van der Waals surface area contributed by atoms with E-state index in [1.54, 1.807) is 12.1 Å². The van der Waals surface area contributed by atoms with Crippen molar-refractivity contribution in [2.45, 2.75) is 24.9 Å². The molecule has 1 fully saturated rings. The first-order chi connectivity index (χ1) is 12.0. The van der Waals surface area contributed by atoms with Crippen LogP contribution in [-0.4, -0.2) is 29.6 Å². The smallest absolute Gasteiger partial charge is 0.123 e. The number of rotatable bonds is 3. The summed E-state index contributed by atoms with van der Waals surface area (Å²) in [5, 5.41) is 11.6. The fraction of sp³-hybridized carbons (Fsp3) is 0.333. The van der Waals surface area contributed by atoms with E-state index >= 15 is 0 Å². The van der Waals surface area contributed by atoms with Crippen LogP contribution in [0.5, 0.6) is 0 Å². The minimum absolute atomic E-state index is 0.243. The van der Waals surface area contributed by atoms with Gasteiger partial charge in [-0.1, -0.05) is 35.6 Å². The van der Waals surface area contributed by atoms with E-state index in [4.69, 9.17) is 11.6 Å². The molecule has 0 unspecified atom stereocenters. The zero-order valence-corrected chi connectivity index (χ0v) is 14.8. The zero-order chi connectivity index (χ0) is 17.7. The van der Waals surface area contributed by atoms with Gasteiger partial charge in [-0.05, 0) is 54.8 Å². The Balaban J connectivity index is 1.48. The van der Waals surface area contributed by atoms with Crippen molar-refractivity contribution in [1.29, 1.82) is 0 Å². The van der Waals surface area contributed by atoms with Gasteiger partial charge in [-0.3, -0.25) is 0 Å². The summed E-state index contributed by atoms with van der Waals surface area (Å²) in [6.45, 7) is 2.57. The normalized spacial score (nSPS) is 16.9. The van der Waals surface area contributed by atoms with Gasteiger partial charge in [0, 0.05) is 36.6 Å². The molecule has 0 spiro atoms. The lowest BCUT2D eigenvalue weighted by Crippen LogP contribution is -2.42. The summed E-state index contributed by atoms with van der Waals surface area (Å²) < 4.78 is 12.8. The topological polar surface area (TPSA) is 23.5 Å². The first-order valence-corrected chi connectivity index (χ1v) is 8.88. The van der Waals surface area contributed by atoms with Crippen LogP contribution in [0, 0.1) is 17.7 Å². The molecular weight excluding hydrogens is 337 g/mol. The van der Waals surface area contributed by atoms with Crippen molar-refractivity contribution in [3.8, 4) is 11.8 Å². The lowest BCUT2D eigenvalue weighted by atomic mass is 9.84. The Bertz CT molecular complexity index is 753. The molecule has 2 aromatic carbocycles. The molecule has 1 aliphatic heterocycles. The van der Waals surface area contributed by atoms with Gasteiger partial charge in [0.2, 0.25) is 0 Å². The molecule has 130 valence electrons. The standard InChI is InChI=1S/C21H21ClFNO/c22-19-8-6-18(7-9-19)21(25)12-15-24(16-13-21)14-2-1-3-17-4-10-20(23)11-5-17/h4-11,25H,2,12-16H2. The molecule has 1 aliphatic rings. The Labute approximate surface area is 153 Å². The maximum absolute atomic E-state index is 12.8. The second kappa shape index (κ2) is 8.01. The maximum Gasteiger partial charge on any atom is 0.123 e. The predicted molar refractivity (Wildman–Crippen MR) is 98.9 cm³/mol. The fourth-order valence-corrected chi connectivity index (χ4v) is 3.23. The number of halogens is 2. The van der Waals surface area contributed by atoms with Gasteiger partial charge in [0.05, 0.1) is 5.60 Å². The Morgan fingerprint density at radius 1 is 1.04 bits per heavy atom. The van der Waals surface area contributed by atoms with E-state index in [9.17, 15) is 9.50 Å². The summed E-state index contributed by atoms with van der Waals surface area (Å²) in [5.41, 5.74) is 1.01. The van der Waals surface area contributed by atoms with Crippen LogP contribution in [0.4, 0.5) is 4.39 Å². The first-order valence-electron chi connectivity index (χ1n) is 8.50. The highest BCUT2D eigenvalue weighted by molar-refractivity contribution is 6.30. The van der Waals surface area contributed by atoms with Gasteiger partial charge in [-0.15, -0.1) is 0 Å². The Morgan fingerprint density at radius 2 is 1.68 bits per heavy atom. The number of likely N-dealkylation sites (tertiary alicyclic amines) is 1. The Morgan fingerprint density at radius 3 is 2.32 bits per heavy atom. The molecule has 0 amide bonds. The lowest BCUT2D eigenvalue weighted by molar-refractivity contribution is -0.0253. The van der Waals surface area contributed by atoms with Gasteiger partial charge < -0.3 is 10.0 Å². The van der Waals surface area contributed by atoms with E-state index < -0.39 is 5.60 Å². The van der Waals surface area contributed by atoms with Crippen molar-refractivity contribution in [3.05, 3.63) is 70.5 Å². The third-order valence-electron chi connectivity index (χ3n) is 4.69. The van der Waals surface area contributed by atoms with Crippen LogP contribution in [0.2, 0.25) is 5.02 Å². The lowest BCUT2D eigenvalue weighted by Gasteiger charge is -2.38. The highest BCUT2D eigenvalue weighted by Gasteiger charge is 2.33. The van der Waals surface area contributed by atoms with Crippen molar-refractivity contribution in [2.75, 3.05) is 19.6 Å². The Hall–Kier alpha value is -1.86. The van der Waals surface area contributed by atoms with Crippen LogP contribution in [0.15, 0.2) is 48.5 Å². The molecule has 2 aromatic rings. The summed E-state index contributed by atoms with van der Waals surface area (Å²) >= 11 is 5.92. The minimum atomic E-state index is -0.763. The van der Waals surface area contributed by atoms with Crippen LogP contribution >= 0.6 is 11.6 Å². The number of nitrogens with zero attached hydrogens (tertiary/aromatic N) is 1. The fourth-order valence-electron chi connectivity index (χ4n) is 3.11. The van der Waals surface area contributed by atoms with Crippen LogP contribution < -0.4 is 0 Å². The van der Waals surface area contributed by atoms with Gasteiger partial charge in [0.15, 0.2) is 0 Å². The summed E-state index contributed by atoms with van der Waals surface area (Å²) in [4.78, 5) is 2.32. The summed E-state index contributed by atoms with van der Waals surface area (Å²) in [6.07, 6.45) is 2.18. The minimum Gasteiger partial charge on any atom is -0.385 e. The molecule has 0 bridgehead atoms. The monoisotopic (exact) mass is 357 g/mol. The molecule has 0 saturated carbocycles. The van der Waals surface area contributed by atoms with Crippen LogP contribution in [0.3, 0.4) is 0 Å². The van der Waals surface area contributed by atoms with Crippen molar-refractivity contribution in [3.63, 3.8) is 0 Å². The van der Waals surface area contributed by atoms with E-state index in [0.717, 1.165) is 37.2 Å². The maximum atomic E-state index is 12.8. The molecule has 2 nitrogen and oxygen atoms in total. The first kappa shape index (κ1) is 17.9. The second-order valence-corrected chi connectivity index (χ2v) is 6.88. The number of hydrogen-bond acceptors (Lipinski definition) is 2. The number of piperidine rings is 1. The van der Waals surface area contributed by atoms with Crippen LogP contribution in [0.1, 0.15) is 30.4 Å². The van der Waals surface area contributed by atoms with Crippen LogP contribution in [-0.2, 0) is 5.60 Å². The number of hydrogen-bond donors (Lipinski definition) is 1. The SMILES string of the molecule is OC1(c2ccc(Cl)cc2)CCN(CCC#Cc2ccc(F)cc2)CC1. The molecular formula is C21H21ClFNO. The predicted octanol–water partition coefficient (Wildman–Crippen LogP) is 4.20. The molecule has 1 saturated heterocycles. The third-order valence-corrected chi connectivity index (χ3v) is 4.95. The average Bonchev–Trinajstić information content (AvgIpc) is 2.62. The van der Waals surface area contributed by atoms with Gasteiger partial charge in [-0.2, -0.15) is 0 Å². The van der Waals surface area contributed by atoms with Crippen molar-refractivity contribution < 1.29 is 9.50 Å². The summed E-state index contributed by atoms with van der Waals surface area (Å²) in [6, 6.07) is 13.7.